The van der Waals surface area contributed by atoms with Crippen LogP contribution in [0.2, 0.25) is 0 Å². The quantitative estimate of drug-likeness (QED) is 0.569. The Balaban J connectivity index is 1.70. The molecule has 3 aromatic rings. The van der Waals surface area contributed by atoms with Crippen molar-refractivity contribution in [1.82, 2.24) is 14.9 Å². The maximum Gasteiger partial charge on any atom is 0.240 e. The van der Waals surface area contributed by atoms with E-state index < -0.39 is 16.1 Å². The van der Waals surface area contributed by atoms with Crippen molar-refractivity contribution in [2.24, 2.45) is 0 Å². The van der Waals surface area contributed by atoms with Gasteiger partial charge >= 0.3 is 0 Å². The van der Waals surface area contributed by atoms with Crippen LogP contribution in [0.5, 0.6) is 0 Å². The van der Waals surface area contributed by atoms with Gasteiger partial charge in [0.1, 0.15) is 5.82 Å². The second-order valence-electron chi connectivity index (χ2n) is 7.75. The molecule has 1 aromatic carbocycles. The zero-order valence-corrected chi connectivity index (χ0v) is 17.6. The first-order valence-corrected chi connectivity index (χ1v) is 11.2. The zero-order chi connectivity index (χ0) is 21.5. The van der Waals surface area contributed by atoms with Gasteiger partial charge in [0.15, 0.2) is 5.76 Å². The number of nitrogens with zero attached hydrogens (tertiary/aromatic N) is 2. The molecule has 4 N–H and O–H groups in total. The second kappa shape index (κ2) is 7.82. The SMILES string of the molecule is Cc1cc(-c2cc(-c3cc(S(=O)(=O)NC4CCC(O)C4)ccc3C)cnc2N)on1. The van der Waals surface area contributed by atoms with Gasteiger partial charge in [-0.3, -0.25) is 0 Å². The number of nitrogen functional groups attached to an aromatic ring is 1. The smallest absolute Gasteiger partial charge is 0.240 e. The number of nitrogens with one attached hydrogen (secondary N) is 1. The van der Waals surface area contributed by atoms with Crippen LogP contribution in [0.1, 0.15) is 30.5 Å². The lowest BCUT2D eigenvalue weighted by atomic mass is 10.00. The molecule has 1 saturated carbocycles. The Kier molecular flexibility index (Phi) is 5.35. The summed E-state index contributed by atoms with van der Waals surface area (Å²) in [6.45, 7) is 3.72. The van der Waals surface area contributed by atoms with Crippen LogP contribution in [-0.2, 0) is 10.0 Å². The highest BCUT2D eigenvalue weighted by molar-refractivity contribution is 7.89. The van der Waals surface area contributed by atoms with Gasteiger partial charge in [-0.15, -0.1) is 0 Å². The summed E-state index contributed by atoms with van der Waals surface area (Å²) in [4.78, 5) is 4.43. The van der Waals surface area contributed by atoms with Crippen molar-refractivity contribution in [2.75, 3.05) is 5.73 Å². The molecule has 0 bridgehead atoms. The average Bonchev–Trinajstić information content (AvgIpc) is 3.30. The minimum atomic E-state index is -3.72. The van der Waals surface area contributed by atoms with Gasteiger partial charge in [-0.05, 0) is 62.4 Å². The van der Waals surface area contributed by atoms with E-state index in [0.717, 1.165) is 22.4 Å². The number of benzene rings is 1. The first-order chi connectivity index (χ1) is 14.2. The number of aliphatic hydroxyl groups excluding tert-OH is 1. The van der Waals surface area contributed by atoms with Gasteiger partial charge in [-0.25, -0.2) is 18.1 Å². The largest absolute Gasteiger partial charge is 0.393 e. The van der Waals surface area contributed by atoms with Crippen molar-refractivity contribution in [3.63, 3.8) is 0 Å². The average molecular weight is 429 g/mol. The Labute approximate surface area is 175 Å². The second-order valence-corrected chi connectivity index (χ2v) is 9.47. The predicted octanol–water partition coefficient (Wildman–Crippen LogP) is 2.79. The standard InChI is InChI=1S/C21H24N4O4S/c1-12-3-6-17(30(27,28)25-15-4-5-16(26)9-15)10-18(12)14-8-19(21(22)23-11-14)20-7-13(2)24-29-20/h3,6-8,10-11,15-16,25-26H,4-5,9H2,1-2H3,(H2,22,23). The Morgan fingerprint density at radius 3 is 2.63 bits per heavy atom. The maximum atomic E-state index is 12.9. The minimum Gasteiger partial charge on any atom is -0.393 e. The van der Waals surface area contributed by atoms with E-state index in [1.807, 2.05) is 19.9 Å². The number of anilines is 1. The van der Waals surface area contributed by atoms with Crippen LogP contribution in [0.3, 0.4) is 0 Å². The molecule has 0 saturated heterocycles. The Bertz CT molecular complexity index is 1190. The molecule has 30 heavy (non-hydrogen) atoms. The number of pyridine rings is 1. The Morgan fingerprint density at radius 1 is 1.17 bits per heavy atom. The summed E-state index contributed by atoms with van der Waals surface area (Å²) >= 11 is 0. The fourth-order valence-corrected chi connectivity index (χ4v) is 5.05. The summed E-state index contributed by atoms with van der Waals surface area (Å²) in [5, 5.41) is 13.6. The summed E-state index contributed by atoms with van der Waals surface area (Å²) in [6, 6.07) is 8.31. The highest BCUT2D eigenvalue weighted by atomic mass is 32.2. The fourth-order valence-electron chi connectivity index (χ4n) is 3.74. The number of aromatic nitrogens is 2. The molecular formula is C21H24N4O4S. The van der Waals surface area contributed by atoms with Crippen molar-refractivity contribution in [2.45, 2.75) is 50.2 Å². The summed E-state index contributed by atoms with van der Waals surface area (Å²) in [6.07, 6.45) is 2.82. The molecule has 2 aromatic heterocycles. The van der Waals surface area contributed by atoms with Gasteiger partial charge in [-0.2, -0.15) is 0 Å². The third-order valence-electron chi connectivity index (χ3n) is 5.37. The van der Waals surface area contributed by atoms with Crippen LogP contribution < -0.4 is 10.5 Å². The normalized spacial score (nSPS) is 19.3. The number of sulfonamides is 1. The van der Waals surface area contributed by atoms with E-state index in [1.54, 1.807) is 30.5 Å². The van der Waals surface area contributed by atoms with E-state index in [4.69, 9.17) is 10.3 Å². The summed E-state index contributed by atoms with van der Waals surface area (Å²) in [5.41, 5.74) is 9.70. The van der Waals surface area contributed by atoms with E-state index >= 15 is 0 Å². The van der Waals surface area contributed by atoms with Crippen LogP contribution >= 0.6 is 0 Å². The van der Waals surface area contributed by atoms with Crippen LogP contribution in [0.4, 0.5) is 5.82 Å². The molecule has 2 unspecified atom stereocenters. The molecular weight excluding hydrogens is 404 g/mol. The molecule has 9 heteroatoms. The van der Waals surface area contributed by atoms with Crippen LogP contribution in [0, 0.1) is 13.8 Å². The summed E-state index contributed by atoms with van der Waals surface area (Å²) < 4.78 is 33.8. The molecule has 4 rings (SSSR count). The van der Waals surface area contributed by atoms with Crippen LogP contribution in [-0.4, -0.2) is 35.8 Å². The molecule has 0 aliphatic heterocycles. The van der Waals surface area contributed by atoms with Crippen molar-refractivity contribution in [3.8, 4) is 22.5 Å². The molecule has 158 valence electrons. The van der Waals surface area contributed by atoms with Gasteiger partial charge in [0.25, 0.3) is 0 Å². The number of nitrogens with two attached hydrogens (primary N) is 1. The first kappa shape index (κ1) is 20.5. The lowest BCUT2D eigenvalue weighted by molar-refractivity contribution is 0.181. The highest BCUT2D eigenvalue weighted by Gasteiger charge is 2.28. The van der Waals surface area contributed by atoms with E-state index in [2.05, 4.69) is 14.9 Å². The molecule has 1 aliphatic rings. The van der Waals surface area contributed by atoms with E-state index in [-0.39, 0.29) is 10.9 Å². The predicted molar refractivity (Wildman–Crippen MR) is 113 cm³/mol. The lowest BCUT2D eigenvalue weighted by Crippen LogP contribution is -2.33. The van der Waals surface area contributed by atoms with Gasteiger partial charge in [0.2, 0.25) is 10.0 Å². The molecule has 8 nitrogen and oxygen atoms in total. The van der Waals surface area contributed by atoms with E-state index in [0.29, 0.717) is 36.4 Å². The fraction of sp³-hybridized carbons (Fsp3) is 0.333. The van der Waals surface area contributed by atoms with Crippen molar-refractivity contribution < 1.29 is 18.0 Å². The Morgan fingerprint density at radius 2 is 1.97 bits per heavy atom. The van der Waals surface area contributed by atoms with Crippen LogP contribution in [0.25, 0.3) is 22.5 Å². The van der Waals surface area contributed by atoms with Crippen molar-refractivity contribution in [3.05, 3.63) is 47.8 Å². The highest BCUT2D eigenvalue weighted by Crippen LogP contribution is 2.32. The van der Waals surface area contributed by atoms with E-state index in [9.17, 15) is 13.5 Å². The number of hydrogen-bond donors (Lipinski definition) is 3. The monoisotopic (exact) mass is 428 g/mol. The zero-order valence-electron chi connectivity index (χ0n) is 16.8. The van der Waals surface area contributed by atoms with Gasteiger partial charge in [0.05, 0.1) is 22.3 Å². The van der Waals surface area contributed by atoms with Crippen molar-refractivity contribution in [1.29, 1.82) is 0 Å². The molecule has 0 amide bonds. The maximum absolute atomic E-state index is 12.9. The number of aliphatic hydroxyl groups is 1. The molecule has 1 aliphatic carbocycles. The van der Waals surface area contributed by atoms with E-state index in [1.165, 1.54) is 0 Å². The minimum absolute atomic E-state index is 0.165. The molecule has 2 heterocycles. The third-order valence-corrected chi connectivity index (χ3v) is 6.89. The molecule has 0 spiro atoms. The molecule has 1 fully saturated rings. The topological polar surface area (TPSA) is 131 Å². The van der Waals surface area contributed by atoms with Crippen molar-refractivity contribution >= 4 is 15.8 Å². The number of aryl methyl sites for hydroxylation is 2. The molecule has 2 atom stereocenters. The number of rotatable bonds is 5. The molecule has 0 radical (unpaired) electrons. The lowest BCUT2D eigenvalue weighted by Gasteiger charge is -2.15. The summed E-state index contributed by atoms with van der Waals surface area (Å²) in [5.74, 6) is 0.806. The van der Waals surface area contributed by atoms with Crippen LogP contribution in [0.15, 0.2) is 45.9 Å². The summed E-state index contributed by atoms with van der Waals surface area (Å²) in [7, 11) is -3.72. The van der Waals surface area contributed by atoms with Gasteiger partial charge in [-0.1, -0.05) is 11.2 Å². The first-order valence-electron chi connectivity index (χ1n) is 9.73. The number of hydrogen-bond acceptors (Lipinski definition) is 7. The van der Waals surface area contributed by atoms with Gasteiger partial charge < -0.3 is 15.4 Å². The van der Waals surface area contributed by atoms with Gasteiger partial charge in [0, 0.05) is 23.9 Å². The Hall–Kier alpha value is -2.75. The third kappa shape index (κ3) is 4.09.